The van der Waals surface area contributed by atoms with Crippen LogP contribution in [0.25, 0.3) is 0 Å². The first-order valence-corrected chi connectivity index (χ1v) is 10.1. The Morgan fingerprint density at radius 2 is 1.53 bits per heavy atom. The number of amides is 4. The molecule has 0 spiro atoms. The number of phenolic OH excluding ortho intramolecular Hbond substituents is 1. The summed E-state index contributed by atoms with van der Waals surface area (Å²) < 4.78 is 0. The first-order valence-electron chi connectivity index (χ1n) is 9.51. The summed E-state index contributed by atoms with van der Waals surface area (Å²) in [7, 11) is 0. The summed E-state index contributed by atoms with van der Waals surface area (Å²) >= 11 is 3.97. The number of carboxylic acid groups (broad SMARTS) is 1. The van der Waals surface area contributed by atoms with E-state index in [1.807, 2.05) is 0 Å². The van der Waals surface area contributed by atoms with Crippen LogP contribution >= 0.6 is 12.6 Å². The van der Waals surface area contributed by atoms with E-state index in [1.165, 1.54) is 19.1 Å². The number of carboxylic acids is 1. The number of benzene rings is 1. The number of rotatable bonds is 12. The lowest BCUT2D eigenvalue weighted by atomic mass is 10.1. The van der Waals surface area contributed by atoms with Crippen LogP contribution < -0.4 is 27.4 Å². The van der Waals surface area contributed by atoms with Crippen molar-refractivity contribution in [3.05, 3.63) is 29.8 Å². The molecule has 1 aromatic rings. The molecule has 1 rings (SSSR count). The molecule has 32 heavy (non-hydrogen) atoms. The van der Waals surface area contributed by atoms with E-state index in [9.17, 15) is 29.1 Å². The molecule has 0 aliphatic carbocycles. The van der Waals surface area contributed by atoms with E-state index in [-0.39, 0.29) is 17.9 Å². The maximum absolute atomic E-state index is 12.4. The van der Waals surface area contributed by atoms with Gasteiger partial charge in [0, 0.05) is 5.75 Å². The minimum absolute atomic E-state index is 0.0733. The molecular formula is C19H27N5O7S. The second-order valence-electron chi connectivity index (χ2n) is 7.02. The van der Waals surface area contributed by atoms with Gasteiger partial charge in [0.1, 0.15) is 23.9 Å². The molecule has 1 aromatic carbocycles. The zero-order valence-electron chi connectivity index (χ0n) is 17.3. The molecule has 0 fully saturated rings. The molecule has 4 amide bonds. The van der Waals surface area contributed by atoms with Crippen LogP contribution in [0.5, 0.6) is 5.75 Å². The molecule has 9 N–H and O–H groups in total. The van der Waals surface area contributed by atoms with Gasteiger partial charge in [-0.15, -0.1) is 0 Å². The molecule has 0 saturated carbocycles. The normalized spacial score (nSPS) is 14.3. The van der Waals surface area contributed by atoms with Gasteiger partial charge in [-0.05, 0) is 31.0 Å². The first kappa shape index (κ1) is 26.7. The second-order valence-corrected chi connectivity index (χ2v) is 7.39. The summed E-state index contributed by atoms with van der Waals surface area (Å²) in [6, 6.07) is 1.30. The first-order chi connectivity index (χ1) is 14.9. The van der Waals surface area contributed by atoms with Crippen LogP contribution in [-0.4, -0.2) is 69.7 Å². The van der Waals surface area contributed by atoms with Crippen LogP contribution in [0.15, 0.2) is 24.3 Å². The van der Waals surface area contributed by atoms with Gasteiger partial charge >= 0.3 is 5.97 Å². The highest BCUT2D eigenvalue weighted by atomic mass is 32.1. The molecule has 0 bridgehead atoms. The molecule has 176 valence electrons. The molecule has 0 aromatic heterocycles. The average molecular weight is 470 g/mol. The van der Waals surface area contributed by atoms with Gasteiger partial charge in [0.15, 0.2) is 0 Å². The van der Waals surface area contributed by atoms with Crippen LogP contribution in [0.3, 0.4) is 0 Å². The van der Waals surface area contributed by atoms with E-state index in [1.54, 1.807) is 12.1 Å². The van der Waals surface area contributed by atoms with Crippen molar-refractivity contribution >= 4 is 42.2 Å². The van der Waals surface area contributed by atoms with Crippen molar-refractivity contribution in [3.8, 4) is 5.75 Å². The van der Waals surface area contributed by atoms with Gasteiger partial charge < -0.3 is 37.6 Å². The third kappa shape index (κ3) is 8.81. The SMILES string of the molecule is CC(NC(=O)C(N)Cc1ccc(O)cc1)C(=O)NC(CS)C(=O)NC(CC(N)=O)C(=O)O. The Morgan fingerprint density at radius 1 is 0.969 bits per heavy atom. The van der Waals surface area contributed by atoms with Crippen LogP contribution in [0.1, 0.15) is 18.9 Å². The van der Waals surface area contributed by atoms with Crippen LogP contribution in [-0.2, 0) is 30.4 Å². The zero-order valence-corrected chi connectivity index (χ0v) is 18.2. The largest absolute Gasteiger partial charge is 0.508 e. The Hall–Kier alpha value is -3.32. The van der Waals surface area contributed by atoms with E-state index in [0.717, 1.165) is 0 Å². The number of hydrogen-bond donors (Lipinski definition) is 8. The fraction of sp³-hybridized carbons (Fsp3) is 0.421. The van der Waals surface area contributed by atoms with E-state index in [2.05, 4.69) is 28.6 Å². The third-order valence-corrected chi connectivity index (χ3v) is 4.68. The lowest BCUT2D eigenvalue weighted by molar-refractivity contribution is -0.143. The molecule has 12 nitrogen and oxygen atoms in total. The number of carbonyl (C=O) groups is 5. The molecular weight excluding hydrogens is 442 g/mol. The molecule has 0 saturated heterocycles. The van der Waals surface area contributed by atoms with Crippen LogP contribution in [0, 0.1) is 0 Å². The van der Waals surface area contributed by atoms with Gasteiger partial charge in [-0.3, -0.25) is 19.2 Å². The van der Waals surface area contributed by atoms with Gasteiger partial charge in [-0.2, -0.15) is 12.6 Å². The van der Waals surface area contributed by atoms with Crippen molar-refractivity contribution in [2.24, 2.45) is 11.5 Å². The Labute approximate surface area is 189 Å². The molecule has 4 unspecified atom stereocenters. The number of phenols is 1. The van der Waals surface area contributed by atoms with Crippen molar-refractivity contribution < 1.29 is 34.2 Å². The van der Waals surface area contributed by atoms with E-state index in [4.69, 9.17) is 16.6 Å². The number of thiol groups is 1. The second kappa shape index (κ2) is 12.5. The highest BCUT2D eigenvalue weighted by molar-refractivity contribution is 7.80. The van der Waals surface area contributed by atoms with Crippen molar-refractivity contribution in [2.45, 2.75) is 43.9 Å². The van der Waals surface area contributed by atoms with Crippen LogP contribution in [0.4, 0.5) is 0 Å². The highest BCUT2D eigenvalue weighted by Crippen LogP contribution is 2.11. The monoisotopic (exact) mass is 469 g/mol. The smallest absolute Gasteiger partial charge is 0.326 e. The van der Waals surface area contributed by atoms with Gasteiger partial charge in [0.05, 0.1) is 12.5 Å². The molecule has 0 aliphatic heterocycles. The standard InChI is InChI=1S/C19H27N5O7S/c1-9(22-17(28)12(20)6-10-2-4-11(25)5-3-10)16(27)24-14(8-32)18(29)23-13(19(30)31)7-15(21)26/h2-5,9,12-14,25,32H,6-8,20H2,1H3,(H2,21,26)(H,22,28)(H,23,29)(H,24,27)(H,30,31). The predicted octanol–water partition coefficient (Wildman–Crippen LogP) is -2.37. The number of nitrogens with two attached hydrogens (primary N) is 2. The Kier molecular flexibility index (Phi) is 10.4. The van der Waals surface area contributed by atoms with E-state index >= 15 is 0 Å². The predicted molar refractivity (Wildman–Crippen MR) is 117 cm³/mol. The fourth-order valence-electron chi connectivity index (χ4n) is 2.53. The van der Waals surface area contributed by atoms with Crippen molar-refractivity contribution in [1.82, 2.24) is 16.0 Å². The highest BCUT2D eigenvalue weighted by Gasteiger charge is 2.28. The molecule has 4 atom stereocenters. The summed E-state index contributed by atoms with van der Waals surface area (Å²) in [5.41, 5.74) is 11.5. The number of primary amides is 1. The molecule has 13 heteroatoms. The summed E-state index contributed by atoms with van der Waals surface area (Å²) in [5, 5.41) is 25.2. The Balaban J connectivity index is 2.64. The topological polar surface area (TPSA) is 214 Å². The molecule has 0 radical (unpaired) electrons. The maximum atomic E-state index is 12.4. The number of hydrogen-bond acceptors (Lipinski definition) is 8. The minimum Gasteiger partial charge on any atom is -0.508 e. The summed E-state index contributed by atoms with van der Waals surface area (Å²) in [4.78, 5) is 59.0. The summed E-state index contributed by atoms with van der Waals surface area (Å²) in [6.07, 6.45) is -0.460. The number of aromatic hydroxyl groups is 1. The molecule has 0 aliphatic rings. The number of nitrogens with one attached hydrogen (secondary N) is 3. The maximum Gasteiger partial charge on any atom is 0.326 e. The molecule has 0 heterocycles. The van der Waals surface area contributed by atoms with Crippen molar-refractivity contribution in [1.29, 1.82) is 0 Å². The van der Waals surface area contributed by atoms with E-state index in [0.29, 0.717) is 5.56 Å². The summed E-state index contributed by atoms with van der Waals surface area (Å²) in [5.74, 6) is -4.73. The van der Waals surface area contributed by atoms with Gasteiger partial charge in [0.25, 0.3) is 0 Å². The lowest BCUT2D eigenvalue weighted by Crippen LogP contribution is -2.57. The van der Waals surface area contributed by atoms with E-state index < -0.39 is 60.2 Å². The zero-order chi connectivity index (χ0) is 24.4. The number of aliphatic carboxylic acids is 1. The fourth-order valence-corrected chi connectivity index (χ4v) is 2.79. The van der Waals surface area contributed by atoms with Gasteiger partial charge in [0.2, 0.25) is 23.6 Å². The third-order valence-electron chi connectivity index (χ3n) is 4.32. The number of carbonyl (C=O) groups excluding carboxylic acids is 4. The Morgan fingerprint density at radius 3 is 2.03 bits per heavy atom. The minimum atomic E-state index is -1.56. The van der Waals surface area contributed by atoms with Crippen LogP contribution in [0.2, 0.25) is 0 Å². The quantitative estimate of drug-likeness (QED) is 0.154. The summed E-state index contributed by atoms with van der Waals surface area (Å²) in [6.45, 7) is 1.38. The lowest BCUT2D eigenvalue weighted by Gasteiger charge is -2.22. The van der Waals surface area contributed by atoms with Crippen molar-refractivity contribution in [2.75, 3.05) is 5.75 Å². The average Bonchev–Trinajstić information content (AvgIpc) is 2.72. The van der Waals surface area contributed by atoms with Crippen molar-refractivity contribution in [3.63, 3.8) is 0 Å². The van der Waals surface area contributed by atoms with Gasteiger partial charge in [-0.25, -0.2) is 4.79 Å². The van der Waals surface area contributed by atoms with Gasteiger partial charge in [-0.1, -0.05) is 12.1 Å². The Bertz CT molecular complexity index is 849.